The molecule has 0 spiro atoms. The third-order valence-electron chi connectivity index (χ3n) is 3.45. The van der Waals surface area contributed by atoms with E-state index in [0.717, 1.165) is 11.1 Å². The third-order valence-corrected chi connectivity index (χ3v) is 3.80. The zero-order chi connectivity index (χ0) is 15.5. The predicted molar refractivity (Wildman–Crippen MR) is 86.7 cm³/mol. The molecule has 0 aliphatic rings. The third kappa shape index (κ3) is 3.10. The first kappa shape index (κ1) is 14.5. The van der Waals surface area contributed by atoms with Crippen LogP contribution in [0.2, 0.25) is 5.02 Å². The molecule has 0 aliphatic carbocycles. The average Bonchev–Trinajstić information content (AvgIpc) is 2.53. The predicted octanol–water partition coefficient (Wildman–Crippen LogP) is 4.36. The van der Waals surface area contributed by atoms with Gasteiger partial charge in [0, 0.05) is 17.3 Å². The lowest BCUT2D eigenvalue weighted by molar-refractivity contribution is 0.626. The molecule has 0 atom stereocenters. The fourth-order valence-electron chi connectivity index (χ4n) is 2.29. The van der Waals surface area contributed by atoms with Crippen molar-refractivity contribution in [3.05, 3.63) is 93.6 Å². The van der Waals surface area contributed by atoms with Gasteiger partial charge < -0.3 is 4.57 Å². The van der Waals surface area contributed by atoms with Gasteiger partial charge in [0.2, 0.25) is 0 Å². The molecule has 3 rings (SSSR count). The molecule has 110 valence electrons. The van der Waals surface area contributed by atoms with Crippen LogP contribution in [-0.2, 0) is 6.54 Å². The molecule has 1 heterocycles. The second-order valence-corrected chi connectivity index (χ2v) is 5.39. The van der Waals surface area contributed by atoms with Crippen LogP contribution < -0.4 is 5.56 Å². The standard InChI is InChI=1S/C18H13ClFNO/c19-17-10-16(20)8-6-15(17)12-21-11-14(7-9-18(21)22)13-4-2-1-3-5-13/h1-11H,12H2. The number of hydrogen-bond acceptors (Lipinski definition) is 1. The Bertz CT molecular complexity index is 858. The second-order valence-electron chi connectivity index (χ2n) is 4.99. The smallest absolute Gasteiger partial charge is 0.250 e. The lowest BCUT2D eigenvalue weighted by atomic mass is 10.1. The number of benzene rings is 2. The Labute approximate surface area is 132 Å². The van der Waals surface area contributed by atoms with E-state index in [0.29, 0.717) is 17.1 Å². The molecule has 22 heavy (non-hydrogen) atoms. The highest BCUT2D eigenvalue weighted by Crippen LogP contribution is 2.20. The van der Waals surface area contributed by atoms with Crippen LogP contribution in [0.5, 0.6) is 0 Å². The van der Waals surface area contributed by atoms with Crippen LogP contribution in [0.3, 0.4) is 0 Å². The van der Waals surface area contributed by atoms with Crippen LogP contribution in [0.1, 0.15) is 5.56 Å². The number of rotatable bonds is 3. The van der Waals surface area contributed by atoms with Gasteiger partial charge >= 0.3 is 0 Å². The molecule has 1 aromatic heterocycles. The quantitative estimate of drug-likeness (QED) is 0.704. The molecular weight excluding hydrogens is 301 g/mol. The summed E-state index contributed by atoms with van der Waals surface area (Å²) in [7, 11) is 0. The van der Waals surface area contributed by atoms with E-state index in [9.17, 15) is 9.18 Å². The second kappa shape index (κ2) is 6.16. The normalized spacial score (nSPS) is 10.6. The monoisotopic (exact) mass is 313 g/mol. The Morgan fingerprint density at radius 1 is 0.955 bits per heavy atom. The summed E-state index contributed by atoms with van der Waals surface area (Å²) in [4.78, 5) is 12.0. The summed E-state index contributed by atoms with van der Waals surface area (Å²) in [6.45, 7) is 0.304. The minimum atomic E-state index is -0.390. The summed E-state index contributed by atoms with van der Waals surface area (Å²) in [5, 5.41) is 0.317. The maximum atomic E-state index is 13.1. The minimum Gasteiger partial charge on any atom is -0.310 e. The molecule has 0 N–H and O–H groups in total. The van der Waals surface area contributed by atoms with Crippen molar-refractivity contribution < 1.29 is 4.39 Å². The molecule has 2 nitrogen and oxygen atoms in total. The van der Waals surface area contributed by atoms with Crippen molar-refractivity contribution in [2.45, 2.75) is 6.54 Å². The molecule has 0 aliphatic heterocycles. The summed E-state index contributed by atoms with van der Waals surface area (Å²) in [6, 6.07) is 17.3. The molecule has 0 unspecified atom stereocenters. The lowest BCUT2D eigenvalue weighted by Crippen LogP contribution is -2.19. The molecule has 0 bridgehead atoms. The van der Waals surface area contributed by atoms with E-state index in [1.54, 1.807) is 22.9 Å². The largest absolute Gasteiger partial charge is 0.310 e. The first-order valence-corrected chi connectivity index (χ1v) is 7.21. The first-order chi connectivity index (χ1) is 10.6. The molecule has 2 aromatic carbocycles. The van der Waals surface area contributed by atoms with Crippen molar-refractivity contribution in [3.63, 3.8) is 0 Å². The molecule has 4 heteroatoms. The molecule has 3 aromatic rings. The van der Waals surface area contributed by atoms with Gasteiger partial charge in [-0.1, -0.05) is 48.0 Å². The zero-order valence-electron chi connectivity index (χ0n) is 11.7. The van der Waals surface area contributed by atoms with Gasteiger partial charge in [-0.25, -0.2) is 4.39 Å². The highest BCUT2D eigenvalue weighted by molar-refractivity contribution is 6.31. The van der Waals surface area contributed by atoms with Gasteiger partial charge in [-0.15, -0.1) is 0 Å². The summed E-state index contributed by atoms with van der Waals surface area (Å²) in [6.07, 6.45) is 1.79. The van der Waals surface area contributed by atoms with Crippen LogP contribution in [0.15, 0.2) is 71.7 Å². The number of aromatic nitrogens is 1. The van der Waals surface area contributed by atoms with Crippen molar-refractivity contribution >= 4 is 11.6 Å². The van der Waals surface area contributed by atoms with Crippen molar-refractivity contribution in [1.29, 1.82) is 0 Å². The Kier molecular flexibility index (Phi) is 4.07. The van der Waals surface area contributed by atoms with E-state index >= 15 is 0 Å². The molecule has 0 radical (unpaired) electrons. The summed E-state index contributed by atoms with van der Waals surface area (Å²) in [5.41, 5.74) is 2.55. The van der Waals surface area contributed by atoms with Gasteiger partial charge in [0.15, 0.2) is 0 Å². The molecule has 0 saturated heterocycles. The Morgan fingerprint density at radius 2 is 1.73 bits per heavy atom. The SMILES string of the molecule is O=c1ccc(-c2ccccc2)cn1Cc1ccc(F)cc1Cl. The van der Waals surface area contributed by atoms with Crippen LogP contribution in [-0.4, -0.2) is 4.57 Å². The summed E-state index contributed by atoms with van der Waals surface area (Å²) in [5.74, 6) is -0.390. The van der Waals surface area contributed by atoms with E-state index in [2.05, 4.69) is 0 Å². The molecule has 0 amide bonds. The van der Waals surface area contributed by atoms with E-state index in [1.807, 2.05) is 30.3 Å². The van der Waals surface area contributed by atoms with E-state index in [1.165, 1.54) is 18.2 Å². The topological polar surface area (TPSA) is 22.0 Å². The lowest BCUT2D eigenvalue weighted by Gasteiger charge is -2.10. The van der Waals surface area contributed by atoms with Crippen molar-refractivity contribution in [2.75, 3.05) is 0 Å². The van der Waals surface area contributed by atoms with Crippen LogP contribution in [0.25, 0.3) is 11.1 Å². The Hall–Kier alpha value is -2.39. The van der Waals surface area contributed by atoms with E-state index in [-0.39, 0.29) is 11.4 Å². The summed E-state index contributed by atoms with van der Waals surface area (Å²) >= 11 is 6.03. The van der Waals surface area contributed by atoms with Crippen molar-refractivity contribution in [3.8, 4) is 11.1 Å². The fourth-order valence-corrected chi connectivity index (χ4v) is 2.52. The number of pyridine rings is 1. The zero-order valence-corrected chi connectivity index (χ0v) is 12.4. The van der Waals surface area contributed by atoms with Gasteiger partial charge in [-0.2, -0.15) is 0 Å². The van der Waals surface area contributed by atoms with Crippen molar-refractivity contribution in [2.24, 2.45) is 0 Å². The van der Waals surface area contributed by atoms with E-state index < -0.39 is 0 Å². The Balaban J connectivity index is 1.99. The van der Waals surface area contributed by atoms with E-state index in [4.69, 9.17) is 11.6 Å². The molecule has 0 fully saturated rings. The number of halogens is 2. The number of nitrogens with zero attached hydrogens (tertiary/aromatic N) is 1. The van der Waals surface area contributed by atoms with Crippen molar-refractivity contribution in [1.82, 2.24) is 4.57 Å². The van der Waals surface area contributed by atoms with Crippen LogP contribution >= 0.6 is 11.6 Å². The van der Waals surface area contributed by atoms with Gasteiger partial charge in [0.25, 0.3) is 5.56 Å². The highest BCUT2D eigenvalue weighted by atomic mass is 35.5. The number of hydrogen-bond donors (Lipinski definition) is 0. The maximum absolute atomic E-state index is 13.1. The Morgan fingerprint density at radius 3 is 2.45 bits per heavy atom. The maximum Gasteiger partial charge on any atom is 0.250 e. The summed E-state index contributed by atoms with van der Waals surface area (Å²) < 4.78 is 14.7. The van der Waals surface area contributed by atoms with Gasteiger partial charge in [0.05, 0.1) is 6.54 Å². The molecular formula is C18H13ClFNO. The average molecular weight is 314 g/mol. The van der Waals surface area contributed by atoms with Crippen LogP contribution in [0.4, 0.5) is 4.39 Å². The van der Waals surface area contributed by atoms with Gasteiger partial charge in [-0.05, 0) is 34.9 Å². The van der Waals surface area contributed by atoms with Gasteiger partial charge in [-0.3, -0.25) is 4.79 Å². The molecule has 0 saturated carbocycles. The van der Waals surface area contributed by atoms with Crippen LogP contribution in [0, 0.1) is 5.82 Å². The first-order valence-electron chi connectivity index (χ1n) is 6.83. The minimum absolute atomic E-state index is 0.125. The van der Waals surface area contributed by atoms with Gasteiger partial charge in [0.1, 0.15) is 5.82 Å². The highest BCUT2D eigenvalue weighted by Gasteiger charge is 2.06. The fraction of sp³-hybridized carbons (Fsp3) is 0.0556.